The fourth-order valence-electron chi connectivity index (χ4n) is 4.44. The van der Waals surface area contributed by atoms with Crippen LogP contribution >= 0.6 is 11.6 Å². The van der Waals surface area contributed by atoms with Crippen molar-refractivity contribution in [1.82, 2.24) is 9.88 Å². The molecular formula is C31H28ClN5O2. The molecule has 2 amide bonds. The lowest BCUT2D eigenvalue weighted by Gasteiger charge is -2.25. The average molecular weight is 538 g/mol. The second kappa shape index (κ2) is 11.5. The van der Waals surface area contributed by atoms with Gasteiger partial charge in [-0.15, -0.1) is 0 Å². The molecule has 39 heavy (non-hydrogen) atoms. The molecule has 0 unspecified atom stereocenters. The highest BCUT2D eigenvalue weighted by Crippen LogP contribution is 2.38. The van der Waals surface area contributed by atoms with Crippen molar-refractivity contribution < 1.29 is 9.59 Å². The Hall–Kier alpha value is -4.46. The molecule has 8 heteroatoms. The van der Waals surface area contributed by atoms with Gasteiger partial charge in [0, 0.05) is 47.4 Å². The van der Waals surface area contributed by atoms with Gasteiger partial charge in [0.2, 0.25) is 0 Å². The van der Waals surface area contributed by atoms with Crippen LogP contribution in [0, 0.1) is 0 Å². The van der Waals surface area contributed by atoms with Gasteiger partial charge >= 0.3 is 0 Å². The molecule has 5 rings (SSSR count). The van der Waals surface area contributed by atoms with E-state index in [9.17, 15) is 9.59 Å². The van der Waals surface area contributed by atoms with E-state index in [2.05, 4.69) is 15.6 Å². The number of carbonyl (C=O) groups excluding carboxylic acids is 2. The average Bonchev–Trinajstić information content (AvgIpc) is 3.27. The number of benzene rings is 3. The Kier molecular flexibility index (Phi) is 7.72. The maximum atomic E-state index is 13.3. The van der Waals surface area contributed by atoms with Crippen LogP contribution in [0.15, 0.2) is 97.3 Å². The van der Waals surface area contributed by atoms with Crippen LogP contribution in [0.3, 0.4) is 0 Å². The predicted molar refractivity (Wildman–Crippen MR) is 158 cm³/mol. The quantitative estimate of drug-likeness (QED) is 0.275. The van der Waals surface area contributed by atoms with Gasteiger partial charge in [-0.2, -0.15) is 0 Å². The summed E-state index contributed by atoms with van der Waals surface area (Å²) in [5.74, 6) is -0.317. The molecule has 2 N–H and O–H groups in total. The molecule has 196 valence electrons. The first-order valence-corrected chi connectivity index (χ1v) is 12.9. The lowest BCUT2D eigenvalue weighted by Crippen LogP contribution is -2.36. The third-order valence-corrected chi connectivity index (χ3v) is 6.65. The van der Waals surface area contributed by atoms with Crippen molar-refractivity contribution in [2.24, 2.45) is 0 Å². The number of aromatic nitrogens is 1. The van der Waals surface area contributed by atoms with Crippen molar-refractivity contribution in [2.45, 2.75) is 0 Å². The van der Waals surface area contributed by atoms with Crippen molar-refractivity contribution in [3.63, 3.8) is 0 Å². The first-order valence-electron chi connectivity index (χ1n) is 12.6. The summed E-state index contributed by atoms with van der Waals surface area (Å²) < 4.78 is 0. The topological polar surface area (TPSA) is 77.6 Å². The number of likely N-dealkylation sites (N-methyl/N-ethyl adjacent to an activating group) is 1. The Morgan fingerprint density at radius 3 is 2.36 bits per heavy atom. The number of nitrogens with one attached hydrogen (secondary N) is 2. The summed E-state index contributed by atoms with van der Waals surface area (Å²) in [6.45, 7) is 1.22. The number of rotatable bonds is 8. The van der Waals surface area contributed by atoms with Crippen LogP contribution in [0.5, 0.6) is 0 Å². The molecule has 0 bridgehead atoms. The highest BCUT2D eigenvalue weighted by molar-refractivity contribution is 6.38. The molecule has 0 saturated carbocycles. The molecule has 0 spiro atoms. The Labute approximate surface area is 232 Å². The van der Waals surface area contributed by atoms with Crippen molar-refractivity contribution in [1.29, 1.82) is 0 Å². The highest BCUT2D eigenvalue weighted by atomic mass is 35.5. The van der Waals surface area contributed by atoms with Crippen LogP contribution in [0.4, 0.5) is 17.1 Å². The molecule has 0 fully saturated rings. The van der Waals surface area contributed by atoms with E-state index in [4.69, 9.17) is 11.6 Å². The molecule has 0 saturated heterocycles. The fourth-order valence-corrected chi connectivity index (χ4v) is 4.61. The van der Waals surface area contributed by atoms with Gasteiger partial charge in [-0.3, -0.25) is 14.6 Å². The monoisotopic (exact) mass is 537 g/mol. The maximum Gasteiger partial charge on any atom is 0.259 e. The van der Waals surface area contributed by atoms with Crippen molar-refractivity contribution in [3.05, 3.63) is 119 Å². The summed E-state index contributed by atoms with van der Waals surface area (Å²) in [6.07, 6.45) is 3.23. The first-order chi connectivity index (χ1) is 18.9. The van der Waals surface area contributed by atoms with Crippen LogP contribution < -0.4 is 15.5 Å². The molecule has 0 atom stereocenters. The van der Waals surface area contributed by atoms with Gasteiger partial charge in [0.25, 0.3) is 11.8 Å². The predicted octanol–water partition coefficient (Wildman–Crippen LogP) is 5.88. The molecular weight excluding hydrogens is 510 g/mol. The third-order valence-electron chi connectivity index (χ3n) is 6.41. The smallest absolute Gasteiger partial charge is 0.259 e. The zero-order valence-corrected chi connectivity index (χ0v) is 22.4. The molecule has 1 aliphatic rings. The van der Waals surface area contributed by atoms with Gasteiger partial charge in [0.05, 0.1) is 22.5 Å². The fraction of sp³-hybridized carbons (Fsp3) is 0.129. The molecule has 7 nitrogen and oxygen atoms in total. The standard InChI is InChI=1S/C31H28ClN5O2/c1-36(2)17-18-37(31(39)22-9-6-16-33-20-22)25-13-11-24(12-14-25)34-29(21-7-4-3-5-8-21)28-26-15-10-23(32)19-27(26)35-30(28)38/h3-16,19-20,34H,17-18H2,1-2H3,(H,35,38)/b29-28-. The normalized spacial score (nSPS) is 13.6. The molecule has 1 aromatic heterocycles. The number of anilines is 3. The van der Waals surface area contributed by atoms with E-state index < -0.39 is 0 Å². The summed E-state index contributed by atoms with van der Waals surface area (Å²) in [6, 6.07) is 26.3. The molecule has 3 aromatic carbocycles. The Balaban J connectivity index is 1.49. The number of hydrogen-bond donors (Lipinski definition) is 2. The summed E-state index contributed by atoms with van der Waals surface area (Å²) in [5.41, 5.74) is 5.62. The van der Waals surface area contributed by atoms with Gasteiger partial charge < -0.3 is 20.4 Å². The minimum atomic E-state index is -0.202. The molecule has 0 aliphatic carbocycles. The van der Waals surface area contributed by atoms with Gasteiger partial charge in [0.15, 0.2) is 0 Å². The van der Waals surface area contributed by atoms with E-state index in [-0.39, 0.29) is 11.8 Å². The van der Waals surface area contributed by atoms with Crippen LogP contribution in [0.1, 0.15) is 21.5 Å². The number of carbonyl (C=O) groups is 2. The second-order valence-corrected chi connectivity index (χ2v) is 9.87. The first kappa shape index (κ1) is 26.2. The summed E-state index contributed by atoms with van der Waals surface area (Å²) in [5, 5.41) is 6.94. The summed E-state index contributed by atoms with van der Waals surface area (Å²) >= 11 is 6.17. The number of fused-ring (bicyclic) bond motifs is 1. The number of hydrogen-bond acceptors (Lipinski definition) is 5. The number of amides is 2. The largest absolute Gasteiger partial charge is 0.354 e. The van der Waals surface area contributed by atoms with Gasteiger partial charge in [-0.1, -0.05) is 48.0 Å². The lowest BCUT2D eigenvalue weighted by atomic mass is 10.00. The second-order valence-electron chi connectivity index (χ2n) is 9.43. The maximum absolute atomic E-state index is 13.3. The number of nitrogens with zero attached hydrogens (tertiary/aromatic N) is 3. The Morgan fingerprint density at radius 2 is 1.67 bits per heavy atom. The zero-order chi connectivity index (χ0) is 27.4. The van der Waals surface area contributed by atoms with Crippen molar-refractivity contribution in [3.8, 4) is 0 Å². The van der Waals surface area contributed by atoms with E-state index in [1.807, 2.05) is 79.7 Å². The van der Waals surface area contributed by atoms with E-state index >= 15 is 0 Å². The lowest BCUT2D eigenvalue weighted by molar-refractivity contribution is -0.110. The third kappa shape index (κ3) is 5.85. The zero-order valence-electron chi connectivity index (χ0n) is 21.7. The van der Waals surface area contributed by atoms with Gasteiger partial charge in [-0.25, -0.2) is 0 Å². The van der Waals surface area contributed by atoms with Gasteiger partial charge in [0.1, 0.15) is 0 Å². The van der Waals surface area contributed by atoms with E-state index in [0.29, 0.717) is 40.6 Å². The Bertz CT molecular complexity index is 1520. The molecule has 0 radical (unpaired) electrons. The number of halogens is 1. The van der Waals surface area contributed by atoms with Crippen LogP contribution in [0.2, 0.25) is 5.02 Å². The minimum absolute atomic E-state index is 0.115. The summed E-state index contributed by atoms with van der Waals surface area (Å²) in [7, 11) is 3.95. The van der Waals surface area contributed by atoms with E-state index in [1.54, 1.807) is 41.6 Å². The molecule has 1 aliphatic heterocycles. The van der Waals surface area contributed by atoms with Crippen LogP contribution in [0.25, 0.3) is 11.3 Å². The number of pyridine rings is 1. The van der Waals surface area contributed by atoms with Crippen molar-refractivity contribution >= 4 is 51.7 Å². The SMILES string of the molecule is CN(C)CCN(C(=O)c1cccnc1)c1ccc(N/C(=C2\C(=O)Nc3cc(Cl)ccc32)c2ccccc2)cc1. The molecule has 2 heterocycles. The van der Waals surface area contributed by atoms with E-state index in [0.717, 1.165) is 22.5 Å². The molecule has 4 aromatic rings. The van der Waals surface area contributed by atoms with Crippen LogP contribution in [-0.2, 0) is 4.79 Å². The van der Waals surface area contributed by atoms with Crippen molar-refractivity contribution in [2.75, 3.05) is 42.7 Å². The summed E-state index contributed by atoms with van der Waals surface area (Å²) in [4.78, 5) is 34.4. The van der Waals surface area contributed by atoms with E-state index in [1.165, 1.54) is 0 Å². The van der Waals surface area contributed by atoms with Gasteiger partial charge in [-0.05, 0) is 68.2 Å². The van der Waals surface area contributed by atoms with Crippen LogP contribution in [-0.4, -0.2) is 48.9 Å². The highest BCUT2D eigenvalue weighted by Gasteiger charge is 2.28. The minimum Gasteiger partial charge on any atom is -0.354 e. The Morgan fingerprint density at radius 1 is 0.923 bits per heavy atom.